The van der Waals surface area contributed by atoms with E-state index in [2.05, 4.69) is 6.92 Å². The molecule has 0 atom stereocenters. The summed E-state index contributed by atoms with van der Waals surface area (Å²) in [5, 5.41) is 2.14. The van der Waals surface area contributed by atoms with E-state index in [1.54, 1.807) is 6.07 Å². The van der Waals surface area contributed by atoms with Gasteiger partial charge in [0.05, 0.1) is 0 Å². The second kappa shape index (κ2) is 3.17. The summed E-state index contributed by atoms with van der Waals surface area (Å²) in [6, 6.07) is 11.0. The van der Waals surface area contributed by atoms with Gasteiger partial charge < -0.3 is 0 Å². The molecule has 0 fully saturated rings. The number of hydrogen-bond donors (Lipinski definition) is 0. The van der Waals surface area contributed by atoms with Crippen molar-refractivity contribution in [2.75, 3.05) is 0 Å². The van der Waals surface area contributed by atoms with Crippen LogP contribution in [0.4, 0.5) is 4.39 Å². The third-order valence-corrected chi connectivity index (χ3v) is 2.32. The molecule has 0 unspecified atom stereocenters. The van der Waals surface area contributed by atoms with Crippen molar-refractivity contribution < 1.29 is 4.39 Å². The first-order chi connectivity index (χ1) is 6.31. The molecule has 0 saturated carbocycles. The van der Waals surface area contributed by atoms with Crippen LogP contribution in [0.5, 0.6) is 0 Å². The largest absolute Gasteiger partial charge is 0.207 e. The van der Waals surface area contributed by atoms with Gasteiger partial charge in [-0.05, 0) is 34.9 Å². The Kier molecular flexibility index (Phi) is 2.01. The first-order valence-electron chi connectivity index (χ1n) is 4.48. The molecule has 0 bridgehead atoms. The zero-order valence-electron chi connectivity index (χ0n) is 7.55. The van der Waals surface area contributed by atoms with Crippen molar-refractivity contribution in [1.82, 2.24) is 0 Å². The van der Waals surface area contributed by atoms with E-state index in [0.29, 0.717) is 0 Å². The average Bonchev–Trinajstić information content (AvgIpc) is 2.17. The SMILES string of the molecule is CCc1cccc2ccc(F)cc12. The molecule has 0 spiro atoms. The molecule has 13 heavy (non-hydrogen) atoms. The molecule has 0 aliphatic heterocycles. The predicted molar refractivity (Wildman–Crippen MR) is 53.3 cm³/mol. The number of rotatable bonds is 1. The van der Waals surface area contributed by atoms with Crippen LogP contribution < -0.4 is 0 Å². The van der Waals surface area contributed by atoms with Gasteiger partial charge >= 0.3 is 0 Å². The van der Waals surface area contributed by atoms with E-state index in [-0.39, 0.29) is 5.82 Å². The molecule has 2 aromatic carbocycles. The van der Waals surface area contributed by atoms with Crippen molar-refractivity contribution in [2.24, 2.45) is 0 Å². The van der Waals surface area contributed by atoms with Crippen LogP contribution in [0.2, 0.25) is 0 Å². The molecule has 0 N–H and O–H groups in total. The maximum atomic E-state index is 13.0. The van der Waals surface area contributed by atoms with Crippen LogP contribution in [0.1, 0.15) is 12.5 Å². The van der Waals surface area contributed by atoms with Crippen LogP contribution in [0.3, 0.4) is 0 Å². The Morgan fingerprint density at radius 3 is 2.77 bits per heavy atom. The van der Waals surface area contributed by atoms with Gasteiger partial charge in [0.25, 0.3) is 0 Å². The highest BCUT2D eigenvalue weighted by atomic mass is 19.1. The van der Waals surface area contributed by atoms with Crippen molar-refractivity contribution in [2.45, 2.75) is 13.3 Å². The Bertz CT molecular complexity index is 432. The average molecular weight is 174 g/mol. The van der Waals surface area contributed by atoms with Crippen molar-refractivity contribution >= 4 is 10.8 Å². The van der Waals surface area contributed by atoms with Gasteiger partial charge in [-0.2, -0.15) is 0 Å². The monoisotopic (exact) mass is 174 g/mol. The van der Waals surface area contributed by atoms with Crippen LogP contribution in [-0.4, -0.2) is 0 Å². The lowest BCUT2D eigenvalue weighted by molar-refractivity contribution is 0.629. The van der Waals surface area contributed by atoms with Gasteiger partial charge in [-0.15, -0.1) is 0 Å². The van der Waals surface area contributed by atoms with E-state index >= 15 is 0 Å². The molecule has 0 aliphatic rings. The van der Waals surface area contributed by atoms with Gasteiger partial charge in [-0.3, -0.25) is 0 Å². The van der Waals surface area contributed by atoms with Crippen molar-refractivity contribution in [3.8, 4) is 0 Å². The Hall–Kier alpha value is -1.37. The van der Waals surface area contributed by atoms with Gasteiger partial charge in [0.15, 0.2) is 0 Å². The standard InChI is InChI=1S/C12H11F/c1-2-9-4-3-5-10-6-7-11(13)8-12(9)10/h3-8H,2H2,1H3. The molecule has 1 heteroatoms. The van der Waals surface area contributed by atoms with Crippen molar-refractivity contribution in [3.63, 3.8) is 0 Å². The van der Waals surface area contributed by atoms with Gasteiger partial charge in [0.2, 0.25) is 0 Å². The molecule has 0 saturated heterocycles. The third kappa shape index (κ3) is 1.42. The van der Waals surface area contributed by atoms with Crippen molar-refractivity contribution in [3.05, 3.63) is 47.8 Å². The van der Waals surface area contributed by atoms with E-state index in [1.807, 2.05) is 24.3 Å². The molecule has 0 amide bonds. The van der Waals surface area contributed by atoms with E-state index < -0.39 is 0 Å². The van der Waals surface area contributed by atoms with Gasteiger partial charge in [0.1, 0.15) is 5.82 Å². The molecule has 0 aliphatic carbocycles. The fourth-order valence-electron chi connectivity index (χ4n) is 1.62. The normalized spacial score (nSPS) is 10.6. The third-order valence-electron chi connectivity index (χ3n) is 2.32. The van der Waals surface area contributed by atoms with Gasteiger partial charge in [-0.25, -0.2) is 4.39 Å². The number of aryl methyl sites for hydroxylation is 1. The number of fused-ring (bicyclic) bond motifs is 1. The number of benzene rings is 2. The Morgan fingerprint density at radius 2 is 2.00 bits per heavy atom. The van der Waals surface area contributed by atoms with E-state index in [1.165, 1.54) is 11.6 Å². The Labute approximate surface area is 77.0 Å². The fraction of sp³-hybridized carbons (Fsp3) is 0.167. The van der Waals surface area contributed by atoms with Gasteiger partial charge in [-0.1, -0.05) is 31.2 Å². The van der Waals surface area contributed by atoms with E-state index in [0.717, 1.165) is 17.2 Å². The maximum absolute atomic E-state index is 13.0. The highest BCUT2D eigenvalue weighted by Crippen LogP contribution is 2.20. The number of halogens is 1. The quantitative estimate of drug-likeness (QED) is 0.620. The predicted octanol–water partition coefficient (Wildman–Crippen LogP) is 3.54. The van der Waals surface area contributed by atoms with Crippen LogP contribution >= 0.6 is 0 Å². The zero-order valence-corrected chi connectivity index (χ0v) is 7.55. The fourth-order valence-corrected chi connectivity index (χ4v) is 1.62. The lowest BCUT2D eigenvalue weighted by Crippen LogP contribution is -1.84. The smallest absolute Gasteiger partial charge is 0.123 e. The minimum Gasteiger partial charge on any atom is -0.207 e. The topological polar surface area (TPSA) is 0 Å². The van der Waals surface area contributed by atoms with Crippen LogP contribution in [0.15, 0.2) is 36.4 Å². The van der Waals surface area contributed by atoms with Crippen LogP contribution in [0, 0.1) is 5.82 Å². The maximum Gasteiger partial charge on any atom is 0.123 e. The molecular weight excluding hydrogens is 163 g/mol. The lowest BCUT2D eigenvalue weighted by Gasteiger charge is -2.03. The highest BCUT2D eigenvalue weighted by Gasteiger charge is 1.99. The van der Waals surface area contributed by atoms with Gasteiger partial charge in [0, 0.05) is 0 Å². The van der Waals surface area contributed by atoms with Crippen LogP contribution in [0.25, 0.3) is 10.8 Å². The molecule has 2 aromatic rings. The second-order valence-electron chi connectivity index (χ2n) is 3.14. The first kappa shape index (κ1) is 8.24. The van der Waals surface area contributed by atoms with Crippen LogP contribution in [-0.2, 0) is 6.42 Å². The molecule has 0 aromatic heterocycles. The minimum atomic E-state index is -0.159. The second-order valence-corrected chi connectivity index (χ2v) is 3.14. The highest BCUT2D eigenvalue weighted by molar-refractivity contribution is 5.85. The van der Waals surface area contributed by atoms with Crippen molar-refractivity contribution in [1.29, 1.82) is 0 Å². The summed E-state index contributed by atoms with van der Waals surface area (Å²) >= 11 is 0. The summed E-state index contributed by atoms with van der Waals surface area (Å²) in [4.78, 5) is 0. The molecular formula is C12H11F. The number of hydrogen-bond acceptors (Lipinski definition) is 0. The summed E-state index contributed by atoms with van der Waals surface area (Å²) < 4.78 is 13.0. The summed E-state index contributed by atoms with van der Waals surface area (Å²) in [6.07, 6.45) is 0.945. The van der Waals surface area contributed by atoms with E-state index in [9.17, 15) is 4.39 Å². The zero-order chi connectivity index (χ0) is 9.26. The first-order valence-corrected chi connectivity index (χ1v) is 4.48. The summed E-state index contributed by atoms with van der Waals surface area (Å²) in [6.45, 7) is 2.08. The Morgan fingerprint density at radius 1 is 1.15 bits per heavy atom. The minimum absolute atomic E-state index is 0.159. The lowest BCUT2D eigenvalue weighted by atomic mass is 10.0. The molecule has 0 heterocycles. The Balaban J connectivity index is 2.79. The summed E-state index contributed by atoms with van der Waals surface area (Å²) in [5.41, 5.74) is 1.21. The molecule has 2 rings (SSSR count). The van der Waals surface area contributed by atoms with E-state index in [4.69, 9.17) is 0 Å². The molecule has 0 nitrogen and oxygen atoms in total. The summed E-state index contributed by atoms with van der Waals surface area (Å²) in [7, 11) is 0. The summed E-state index contributed by atoms with van der Waals surface area (Å²) in [5.74, 6) is -0.159. The molecule has 0 radical (unpaired) electrons. The molecule has 66 valence electrons.